The number of hydrogen-bond donors (Lipinski definition) is 1. The van der Waals surface area contributed by atoms with E-state index in [-0.39, 0.29) is 11.9 Å². The van der Waals surface area contributed by atoms with E-state index in [1.807, 2.05) is 0 Å². The zero-order valence-corrected chi connectivity index (χ0v) is 10.3. The Balaban J connectivity index is 1.90. The molecule has 19 heavy (non-hydrogen) atoms. The van der Waals surface area contributed by atoms with E-state index in [4.69, 9.17) is 10.5 Å². The van der Waals surface area contributed by atoms with Gasteiger partial charge in [-0.15, -0.1) is 5.10 Å². The van der Waals surface area contributed by atoms with E-state index in [1.165, 1.54) is 12.1 Å². The highest BCUT2D eigenvalue weighted by Crippen LogP contribution is 2.25. The van der Waals surface area contributed by atoms with Crippen molar-refractivity contribution in [1.82, 2.24) is 20.2 Å². The summed E-state index contributed by atoms with van der Waals surface area (Å²) in [5.41, 5.74) is 6.76. The maximum Gasteiger partial charge on any atom is 0.184 e. The third-order valence-electron chi connectivity index (χ3n) is 3.19. The molecule has 3 rings (SSSR count). The summed E-state index contributed by atoms with van der Waals surface area (Å²) in [5.74, 6) is 0.160. The molecule has 0 saturated carbocycles. The number of aromatic nitrogens is 4. The number of benzene rings is 1. The van der Waals surface area contributed by atoms with Gasteiger partial charge in [-0.05, 0) is 41.5 Å². The number of hydrogen-bond acceptors (Lipinski definition) is 5. The first-order valence-electron chi connectivity index (χ1n) is 6.17. The molecule has 100 valence electrons. The highest BCUT2D eigenvalue weighted by molar-refractivity contribution is 5.71. The summed E-state index contributed by atoms with van der Waals surface area (Å²) in [6.07, 6.45) is 2.18. The number of halogens is 1. The standard InChI is InChI=1S/C12H14FN5O/c13-8-3-4-10(11(14)6-8)12-15-16-17-18(12)7-9-2-1-5-19-9/h3-4,6,9H,1-2,5,7,14H2. The minimum absolute atomic E-state index is 0.129. The summed E-state index contributed by atoms with van der Waals surface area (Å²) >= 11 is 0. The molecule has 0 aliphatic carbocycles. The predicted molar refractivity (Wildman–Crippen MR) is 66.6 cm³/mol. The molecule has 1 saturated heterocycles. The minimum atomic E-state index is -0.376. The van der Waals surface area contributed by atoms with Crippen molar-refractivity contribution in [3.8, 4) is 11.4 Å². The number of ether oxygens (including phenoxy) is 1. The van der Waals surface area contributed by atoms with Crippen LogP contribution in [0.3, 0.4) is 0 Å². The number of nitrogen functional groups attached to an aromatic ring is 1. The number of anilines is 1. The van der Waals surface area contributed by atoms with Gasteiger partial charge in [0, 0.05) is 17.9 Å². The Hall–Kier alpha value is -2.02. The molecule has 0 bridgehead atoms. The number of rotatable bonds is 3. The fourth-order valence-electron chi connectivity index (χ4n) is 2.24. The van der Waals surface area contributed by atoms with Crippen molar-refractivity contribution >= 4 is 5.69 Å². The van der Waals surface area contributed by atoms with Gasteiger partial charge in [-0.25, -0.2) is 9.07 Å². The van der Waals surface area contributed by atoms with Gasteiger partial charge in [0.05, 0.1) is 12.6 Å². The van der Waals surface area contributed by atoms with E-state index in [9.17, 15) is 4.39 Å². The van der Waals surface area contributed by atoms with E-state index in [0.29, 0.717) is 23.6 Å². The Bertz CT molecular complexity index is 579. The summed E-state index contributed by atoms with van der Waals surface area (Å²) in [4.78, 5) is 0. The van der Waals surface area contributed by atoms with Gasteiger partial charge in [-0.3, -0.25) is 0 Å². The second-order valence-electron chi connectivity index (χ2n) is 4.55. The maximum absolute atomic E-state index is 13.1. The van der Waals surface area contributed by atoms with E-state index in [2.05, 4.69) is 15.5 Å². The maximum atomic E-state index is 13.1. The summed E-state index contributed by atoms with van der Waals surface area (Å²) in [6, 6.07) is 4.19. The molecule has 1 atom stereocenters. The summed E-state index contributed by atoms with van der Waals surface area (Å²) in [7, 11) is 0. The highest BCUT2D eigenvalue weighted by Gasteiger charge is 2.20. The van der Waals surface area contributed by atoms with Crippen molar-refractivity contribution < 1.29 is 9.13 Å². The normalized spacial score (nSPS) is 18.9. The molecular formula is C12H14FN5O. The van der Waals surface area contributed by atoms with E-state index in [1.54, 1.807) is 10.7 Å². The Morgan fingerprint density at radius 1 is 1.47 bits per heavy atom. The Morgan fingerprint density at radius 3 is 3.11 bits per heavy atom. The van der Waals surface area contributed by atoms with E-state index in [0.717, 1.165) is 19.4 Å². The quantitative estimate of drug-likeness (QED) is 0.843. The van der Waals surface area contributed by atoms with Crippen LogP contribution in [0.5, 0.6) is 0 Å². The van der Waals surface area contributed by atoms with Crippen LogP contribution < -0.4 is 5.73 Å². The van der Waals surface area contributed by atoms with Gasteiger partial charge in [0.1, 0.15) is 5.82 Å². The second kappa shape index (κ2) is 4.93. The van der Waals surface area contributed by atoms with Gasteiger partial charge in [0.2, 0.25) is 0 Å². The molecule has 2 aromatic rings. The minimum Gasteiger partial charge on any atom is -0.398 e. The van der Waals surface area contributed by atoms with Crippen molar-refractivity contribution in [2.45, 2.75) is 25.5 Å². The number of nitrogens with two attached hydrogens (primary N) is 1. The van der Waals surface area contributed by atoms with E-state index < -0.39 is 0 Å². The van der Waals surface area contributed by atoms with Crippen LogP contribution in [0, 0.1) is 5.82 Å². The van der Waals surface area contributed by atoms with Crippen LogP contribution in [-0.4, -0.2) is 32.9 Å². The summed E-state index contributed by atoms with van der Waals surface area (Å²) in [6.45, 7) is 1.36. The number of tetrazole rings is 1. The van der Waals surface area contributed by atoms with Crippen LogP contribution in [-0.2, 0) is 11.3 Å². The van der Waals surface area contributed by atoms with Gasteiger partial charge >= 0.3 is 0 Å². The van der Waals surface area contributed by atoms with Crippen LogP contribution in [0.15, 0.2) is 18.2 Å². The zero-order valence-electron chi connectivity index (χ0n) is 10.3. The molecule has 0 spiro atoms. The van der Waals surface area contributed by atoms with Gasteiger partial charge < -0.3 is 10.5 Å². The van der Waals surface area contributed by atoms with Gasteiger partial charge in [0.15, 0.2) is 5.82 Å². The molecular weight excluding hydrogens is 249 g/mol. The van der Waals surface area contributed by atoms with E-state index >= 15 is 0 Å². The van der Waals surface area contributed by atoms with Gasteiger partial charge in [-0.1, -0.05) is 0 Å². The SMILES string of the molecule is Nc1cc(F)ccc1-c1nnnn1CC1CCCO1. The molecule has 1 unspecified atom stereocenters. The van der Waals surface area contributed by atoms with Gasteiger partial charge in [0.25, 0.3) is 0 Å². The lowest BCUT2D eigenvalue weighted by Gasteiger charge is -2.11. The summed E-state index contributed by atoms with van der Waals surface area (Å²) in [5, 5.41) is 11.6. The Kier molecular flexibility index (Phi) is 3.12. The van der Waals surface area contributed by atoms with Crippen molar-refractivity contribution in [3.05, 3.63) is 24.0 Å². The molecule has 0 amide bonds. The molecule has 1 aliphatic heterocycles. The summed E-state index contributed by atoms with van der Waals surface area (Å²) < 4.78 is 20.3. The Morgan fingerprint density at radius 2 is 2.37 bits per heavy atom. The molecule has 2 N–H and O–H groups in total. The average Bonchev–Trinajstić information content (AvgIpc) is 3.02. The van der Waals surface area contributed by atoms with Crippen molar-refractivity contribution in [2.75, 3.05) is 12.3 Å². The van der Waals surface area contributed by atoms with Crippen molar-refractivity contribution in [2.24, 2.45) is 0 Å². The Labute approximate surface area is 109 Å². The monoisotopic (exact) mass is 263 g/mol. The molecule has 7 heteroatoms. The van der Waals surface area contributed by atoms with Crippen LogP contribution >= 0.6 is 0 Å². The third kappa shape index (κ3) is 2.41. The molecule has 1 fully saturated rings. The van der Waals surface area contributed by atoms with Gasteiger partial charge in [-0.2, -0.15) is 0 Å². The van der Waals surface area contributed by atoms with Crippen LogP contribution in [0.1, 0.15) is 12.8 Å². The first-order chi connectivity index (χ1) is 9.24. The first-order valence-corrected chi connectivity index (χ1v) is 6.17. The molecule has 6 nitrogen and oxygen atoms in total. The highest BCUT2D eigenvalue weighted by atomic mass is 19.1. The lowest BCUT2D eigenvalue weighted by Crippen LogP contribution is -2.17. The second-order valence-corrected chi connectivity index (χ2v) is 4.55. The molecule has 2 heterocycles. The van der Waals surface area contributed by atoms with Crippen molar-refractivity contribution in [3.63, 3.8) is 0 Å². The lowest BCUT2D eigenvalue weighted by molar-refractivity contribution is 0.0939. The predicted octanol–water partition coefficient (Wildman–Crippen LogP) is 1.24. The largest absolute Gasteiger partial charge is 0.398 e. The van der Waals surface area contributed by atoms with Crippen LogP contribution in [0.2, 0.25) is 0 Å². The van der Waals surface area contributed by atoms with Crippen molar-refractivity contribution in [1.29, 1.82) is 0 Å². The third-order valence-corrected chi connectivity index (χ3v) is 3.19. The van der Waals surface area contributed by atoms with Crippen LogP contribution in [0.25, 0.3) is 11.4 Å². The zero-order chi connectivity index (χ0) is 13.2. The average molecular weight is 263 g/mol. The topological polar surface area (TPSA) is 78.9 Å². The molecule has 1 aromatic heterocycles. The molecule has 1 aromatic carbocycles. The fourth-order valence-corrected chi connectivity index (χ4v) is 2.24. The fraction of sp³-hybridized carbons (Fsp3) is 0.417. The lowest BCUT2D eigenvalue weighted by atomic mass is 10.1. The molecule has 0 radical (unpaired) electrons. The smallest absolute Gasteiger partial charge is 0.184 e. The van der Waals surface area contributed by atoms with Crippen LogP contribution in [0.4, 0.5) is 10.1 Å². The molecule has 1 aliphatic rings. The number of nitrogens with zero attached hydrogens (tertiary/aromatic N) is 4. The first kappa shape index (κ1) is 12.0.